The number of fused-ring (bicyclic) bond motifs is 5. The largest absolute Gasteiger partial charge is 0.463 e. The van der Waals surface area contributed by atoms with Crippen molar-refractivity contribution >= 4 is 5.97 Å². The van der Waals surface area contributed by atoms with Crippen LogP contribution in [0.25, 0.3) is 0 Å². The third-order valence-corrected chi connectivity index (χ3v) is 11.2. The molecule has 4 fully saturated rings. The molecule has 0 aromatic rings. The molecule has 0 unspecified atom stereocenters. The minimum atomic E-state index is -0.172. The summed E-state index contributed by atoms with van der Waals surface area (Å²) >= 11 is 0. The molecule has 0 aromatic heterocycles. The van der Waals surface area contributed by atoms with Crippen molar-refractivity contribution in [2.24, 2.45) is 52.3 Å². The van der Waals surface area contributed by atoms with Crippen molar-refractivity contribution in [2.45, 2.75) is 124 Å². The number of hydrogen-bond donors (Lipinski definition) is 1. The first-order chi connectivity index (χ1) is 15.1. The lowest BCUT2D eigenvalue weighted by Crippen LogP contribution is -2.58. The average Bonchev–Trinajstić information content (AvgIpc) is 3.05. The molecule has 4 aliphatic carbocycles. The van der Waals surface area contributed by atoms with Crippen LogP contribution in [-0.4, -0.2) is 23.3 Å². The maximum absolute atomic E-state index is 11.5. The lowest BCUT2D eigenvalue weighted by Gasteiger charge is -2.62. The molecule has 0 radical (unpaired) electrons. The van der Waals surface area contributed by atoms with Crippen molar-refractivity contribution < 1.29 is 14.6 Å². The number of ether oxygens (including phenoxy) is 1. The van der Waals surface area contributed by atoms with Crippen molar-refractivity contribution in [3.63, 3.8) is 0 Å². The van der Waals surface area contributed by atoms with Gasteiger partial charge in [0, 0.05) is 6.92 Å². The number of rotatable bonds is 6. The van der Waals surface area contributed by atoms with Crippen molar-refractivity contribution in [1.29, 1.82) is 0 Å². The molecular formula is C29H50O3. The number of esters is 1. The molecule has 0 spiro atoms. The Hall–Kier alpha value is -0.570. The third-order valence-electron chi connectivity index (χ3n) is 11.2. The summed E-state index contributed by atoms with van der Waals surface area (Å²) in [5.74, 6) is 4.61. The molecule has 32 heavy (non-hydrogen) atoms. The fourth-order valence-electron chi connectivity index (χ4n) is 9.55. The maximum atomic E-state index is 11.5. The fourth-order valence-corrected chi connectivity index (χ4v) is 9.55. The summed E-state index contributed by atoms with van der Waals surface area (Å²) in [6, 6.07) is 0. The zero-order valence-electron chi connectivity index (χ0n) is 21.7. The minimum absolute atomic E-state index is 0.0609. The Morgan fingerprint density at radius 1 is 0.969 bits per heavy atom. The smallest absolute Gasteiger partial charge is 0.302 e. The molecule has 1 N–H and O–H groups in total. The van der Waals surface area contributed by atoms with E-state index in [-0.39, 0.29) is 18.2 Å². The van der Waals surface area contributed by atoms with Crippen molar-refractivity contribution in [3.8, 4) is 0 Å². The van der Waals surface area contributed by atoms with Gasteiger partial charge in [-0.1, -0.05) is 53.9 Å². The first kappa shape index (κ1) is 24.6. The van der Waals surface area contributed by atoms with E-state index in [1.807, 2.05) is 0 Å². The van der Waals surface area contributed by atoms with Gasteiger partial charge in [-0.25, -0.2) is 0 Å². The predicted molar refractivity (Wildman–Crippen MR) is 130 cm³/mol. The molecule has 184 valence electrons. The molecule has 3 nitrogen and oxygen atoms in total. The Morgan fingerprint density at radius 3 is 2.34 bits per heavy atom. The van der Waals surface area contributed by atoms with Crippen LogP contribution in [0.4, 0.5) is 0 Å². The van der Waals surface area contributed by atoms with Crippen molar-refractivity contribution in [2.75, 3.05) is 0 Å². The van der Waals surface area contributed by atoms with E-state index in [0.717, 1.165) is 43.4 Å². The summed E-state index contributed by atoms with van der Waals surface area (Å²) in [4.78, 5) is 11.5. The van der Waals surface area contributed by atoms with E-state index < -0.39 is 0 Å². The fraction of sp³-hybridized carbons (Fsp3) is 0.966. The van der Waals surface area contributed by atoms with Crippen LogP contribution < -0.4 is 0 Å². The highest BCUT2D eigenvalue weighted by Crippen LogP contribution is 2.68. The molecule has 0 amide bonds. The van der Waals surface area contributed by atoms with Gasteiger partial charge in [0.15, 0.2) is 0 Å². The lowest BCUT2D eigenvalue weighted by molar-refractivity contribution is -0.182. The molecule has 0 heterocycles. The molecule has 0 bridgehead atoms. The second kappa shape index (κ2) is 9.23. The number of carbonyl (C=O) groups is 1. The van der Waals surface area contributed by atoms with Crippen molar-refractivity contribution in [1.82, 2.24) is 0 Å². The van der Waals surface area contributed by atoms with Crippen LogP contribution in [0.2, 0.25) is 0 Å². The van der Waals surface area contributed by atoms with Gasteiger partial charge in [0.2, 0.25) is 0 Å². The molecule has 4 aliphatic rings. The number of aliphatic hydroxyl groups is 1. The van der Waals surface area contributed by atoms with E-state index in [2.05, 4.69) is 34.6 Å². The number of aliphatic hydroxyl groups excluding tert-OH is 1. The van der Waals surface area contributed by atoms with E-state index in [4.69, 9.17) is 4.74 Å². The van der Waals surface area contributed by atoms with Gasteiger partial charge in [0.05, 0.1) is 6.10 Å². The van der Waals surface area contributed by atoms with Gasteiger partial charge >= 0.3 is 5.97 Å². The normalized spacial score (nSPS) is 46.8. The molecule has 4 saturated carbocycles. The Balaban J connectivity index is 1.48. The molecule has 4 rings (SSSR count). The highest BCUT2D eigenvalue weighted by Gasteiger charge is 2.63. The molecule has 0 saturated heterocycles. The molecule has 0 aromatic carbocycles. The quantitative estimate of drug-likeness (QED) is 0.446. The SMILES string of the molecule is CC(=O)O[C@H]1CC[C@@]2(C)[C@H](C1)C[C@@H](O)[C@H]1[C@H]2CC[C@]2(C)[C@@H]1CC[C@H]2[C@H](C)CCCC(C)C. The summed E-state index contributed by atoms with van der Waals surface area (Å²) in [6.45, 7) is 13.9. The lowest BCUT2D eigenvalue weighted by atomic mass is 9.43. The minimum Gasteiger partial charge on any atom is -0.463 e. The van der Waals surface area contributed by atoms with Gasteiger partial charge in [0.25, 0.3) is 0 Å². The maximum Gasteiger partial charge on any atom is 0.302 e. The van der Waals surface area contributed by atoms with E-state index in [1.165, 1.54) is 51.9 Å². The Kier molecular flexibility index (Phi) is 7.08. The van der Waals surface area contributed by atoms with Gasteiger partial charge < -0.3 is 9.84 Å². The van der Waals surface area contributed by atoms with Gasteiger partial charge in [-0.2, -0.15) is 0 Å². The zero-order chi connectivity index (χ0) is 23.3. The van der Waals surface area contributed by atoms with Crippen LogP contribution in [0.15, 0.2) is 0 Å². The van der Waals surface area contributed by atoms with Crippen LogP contribution in [-0.2, 0) is 9.53 Å². The standard InChI is InChI=1S/C29H50O3/c1-18(2)8-7-9-19(3)23-10-11-24-27-25(13-15-29(23,24)6)28(5)14-12-22(32-20(4)30)16-21(28)17-26(27)31/h18-19,21-27,31H,7-17H2,1-6H3/t19-,21-,22+,23+,24-,25-,26-,27-,28+,29+/m1/s1. The first-order valence-corrected chi connectivity index (χ1v) is 13.9. The third kappa shape index (κ3) is 4.29. The second-order valence-corrected chi connectivity index (χ2v) is 13.3. The number of hydrogen-bond acceptors (Lipinski definition) is 3. The number of carbonyl (C=O) groups excluding carboxylic acids is 1. The second-order valence-electron chi connectivity index (χ2n) is 13.3. The van der Waals surface area contributed by atoms with Gasteiger partial charge in [-0.3, -0.25) is 4.79 Å². The van der Waals surface area contributed by atoms with Crippen LogP contribution >= 0.6 is 0 Å². The predicted octanol–water partition coefficient (Wildman–Crippen LogP) is 7.01. The summed E-state index contributed by atoms with van der Waals surface area (Å²) in [6.07, 6.45) is 13.3. The summed E-state index contributed by atoms with van der Waals surface area (Å²) in [5, 5.41) is 11.5. The molecular weight excluding hydrogens is 396 g/mol. The zero-order valence-corrected chi connectivity index (χ0v) is 21.7. The van der Waals surface area contributed by atoms with E-state index in [1.54, 1.807) is 0 Å². The highest BCUT2D eigenvalue weighted by molar-refractivity contribution is 5.66. The van der Waals surface area contributed by atoms with E-state index in [9.17, 15) is 9.90 Å². The van der Waals surface area contributed by atoms with Crippen LogP contribution in [0, 0.1) is 52.3 Å². The molecule has 0 aliphatic heterocycles. The Morgan fingerprint density at radius 2 is 1.66 bits per heavy atom. The topological polar surface area (TPSA) is 46.5 Å². The summed E-state index contributed by atoms with van der Waals surface area (Å²) in [7, 11) is 0. The average molecular weight is 447 g/mol. The highest BCUT2D eigenvalue weighted by atomic mass is 16.5. The van der Waals surface area contributed by atoms with Crippen molar-refractivity contribution in [3.05, 3.63) is 0 Å². The van der Waals surface area contributed by atoms with Crippen LogP contribution in [0.1, 0.15) is 112 Å². The monoisotopic (exact) mass is 446 g/mol. The van der Waals surface area contributed by atoms with Gasteiger partial charge in [-0.05, 0) is 104 Å². The molecule has 3 heteroatoms. The summed E-state index contributed by atoms with van der Waals surface area (Å²) < 4.78 is 5.61. The Bertz CT molecular complexity index is 673. The Labute approximate surface area is 197 Å². The van der Waals surface area contributed by atoms with Crippen LogP contribution in [0.3, 0.4) is 0 Å². The first-order valence-electron chi connectivity index (χ1n) is 13.9. The van der Waals surface area contributed by atoms with E-state index in [0.29, 0.717) is 34.5 Å². The molecule has 10 atom stereocenters. The van der Waals surface area contributed by atoms with Gasteiger partial charge in [-0.15, -0.1) is 0 Å². The van der Waals surface area contributed by atoms with Gasteiger partial charge in [0.1, 0.15) is 6.10 Å². The van der Waals surface area contributed by atoms with E-state index >= 15 is 0 Å². The summed E-state index contributed by atoms with van der Waals surface area (Å²) in [5.41, 5.74) is 0.723. The van der Waals surface area contributed by atoms with Crippen LogP contribution in [0.5, 0.6) is 0 Å².